The van der Waals surface area contributed by atoms with Crippen molar-refractivity contribution in [3.8, 4) is 0 Å². The minimum Gasteiger partial charge on any atom is -0.445 e. The second-order valence-electron chi connectivity index (χ2n) is 7.87. The fourth-order valence-corrected chi connectivity index (χ4v) is 3.45. The number of carbonyl (C=O) groups is 2. The van der Waals surface area contributed by atoms with Gasteiger partial charge in [-0.05, 0) is 44.7 Å². The Morgan fingerprint density at radius 2 is 1.96 bits per heavy atom. The first kappa shape index (κ1) is 18.3. The second-order valence-corrected chi connectivity index (χ2v) is 7.87. The van der Waals surface area contributed by atoms with E-state index in [9.17, 15) is 9.59 Å². The van der Waals surface area contributed by atoms with Crippen LogP contribution in [0.15, 0.2) is 42.0 Å². The van der Waals surface area contributed by atoms with Crippen LogP contribution in [0.3, 0.4) is 0 Å². The molecule has 0 radical (unpaired) electrons. The number of hydrogen-bond donors (Lipinski definition) is 1. The average Bonchev–Trinajstić information content (AvgIpc) is 3.08. The van der Waals surface area contributed by atoms with Crippen LogP contribution < -0.4 is 5.32 Å². The van der Waals surface area contributed by atoms with E-state index in [2.05, 4.69) is 11.4 Å². The SMILES string of the molecule is CC(C)(C)OC(=O)NC12CCC=C1CN(C(=O)OCc1ccccc1)C2. The maximum absolute atomic E-state index is 12.4. The number of allylic oxidation sites excluding steroid dienone is 1. The Labute approximate surface area is 154 Å². The predicted octanol–water partition coefficient (Wildman–Crippen LogP) is 3.62. The van der Waals surface area contributed by atoms with E-state index in [0.717, 1.165) is 24.0 Å². The van der Waals surface area contributed by atoms with Crippen LogP contribution in [0.25, 0.3) is 0 Å². The van der Waals surface area contributed by atoms with Crippen molar-refractivity contribution in [3.63, 3.8) is 0 Å². The van der Waals surface area contributed by atoms with Crippen LogP contribution in [0, 0.1) is 0 Å². The number of ether oxygens (including phenoxy) is 2. The Kier molecular flexibility index (Phi) is 4.94. The first-order chi connectivity index (χ1) is 12.3. The number of nitrogens with zero attached hydrogens (tertiary/aromatic N) is 1. The molecule has 2 amide bonds. The molecular formula is C20H26N2O4. The van der Waals surface area contributed by atoms with Crippen LogP contribution >= 0.6 is 0 Å². The van der Waals surface area contributed by atoms with Gasteiger partial charge in [0.1, 0.15) is 12.2 Å². The van der Waals surface area contributed by atoms with Gasteiger partial charge >= 0.3 is 12.2 Å². The van der Waals surface area contributed by atoms with E-state index in [1.807, 2.05) is 51.1 Å². The minimum atomic E-state index is -0.559. The molecule has 6 nitrogen and oxygen atoms in total. The topological polar surface area (TPSA) is 67.9 Å². The first-order valence-corrected chi connectivity index (χ1v) is 8.94. The lowest BCUT2D eigenvalue weighted by molar-refractivity contribution is 0.0464. The zero-order valence-corrected chi connectivity index (χ0v) is 15.6. The number of nitrogens with one attached hydrogen (secondary N) is 1. The molecule has 1 unspecified atom stereocenters. The fraction of sp³-hybridized carbons (Fsp3) is 0.500. The van der Waals surface area contributed by atoms with E-state index < -0.39 is 17.2 Å². The number of alkyl carbamates (subject to hydrolysis) is 1. The molecule has 0 saturated carbocycles. The van der Waals surface area contributed by atoms with Gasteiger partial charge in [-0.2, -0.15) is 0 Å². The number of likely N-dealkylation sites (tertiary alicyclic amines) is 1. The largest absolute Gasteiger partial charge is 0.445 e. The van der Waals surface area contributed by atoms with Gasteiger partial charge < -0.3 is 19.7 Å². The van der Waals surface area contributed by atoms with Crippen molar-refractivity contribution < 1.29 is 19.1 Å². The molecule has 0 aromatic heterocycles. The molecule has 6 heteroatoms. The molecule has 140 valence electrons. The standard InChI is InChI=1S/C20H26N2O4/c1-19(2,3)26-17(23)21-20-11-7-10-16(20)12-22(14-20)18(24)25-13-15-8-5-4-6-9-15/h4-6,8-10H,7,11-14H2,1-3H3,(H,21,23). The highest BCUT2D eigenvalue weighted by atomic mass is 16.6. The lowest BCUT2D eigenvalue weighted by Crippen LogP contribution is -2.52. The predicted molar refractivity (Wildman–Crippen MR) is 97.6 cm³/mol. The molecule has 1 aliphatic carbocycles. The summed E-state index contributed by atoms with van der Waals surface area (Å²) in [5.41, 5.74) is 0.908. The maximum Gasteiger partial charge on any atom is 0.410 e. The summed E-state index contributed by atoms with van der Waals surface area (Å²) in [6.07, 6.45) is 2.93. The maximum atomic E-state index is 12.4. The number of rotatable bonds is 3. The highest BCUT2D eigenvalue weighted by Gasteiger charge is 2.48. The molecule has 1 aromatic carbocycles. The third kappa shape index (κ3) is 4.18. The zero-order chi connectivity index (χ0) is 18.8. The molecule has 1 N–H and O–H groups in total. The Bertz CT molecular complexity index is 708. The third-order valence-corrected chi connectivity index (χ3v) is 4.60. The van der Waals surface area contributed by atoms with Gasteiger partial charge in [0.15, 0.2) is 0 Å². The van der Waals surface area contributed by atoms with Crippen LogP contribution in [0.1, 0.15) is 39.2 Å². The van der Waals surface area contributed by atoms with Gasteiger partial charge in [0.2, 0.25) is 0 Å². The highest BCUT2D eigenvalue weighted by molar-refractivity contribution is 5.73. The van der Waals surface area contributed by atoms with Crippen molar-refractivity contribution in [2.24, 2.45) is 0 Å². The van der Waals surface area contributed by atoms with Gasteiger partial charge in [0.25, 0.3) is 0 Å². The van der Waals surface area contributed by atoms with Crippen molar-refractivity contribution >= 4 is 12.2 Å². The minimum absolute atomic E-state index is 0.238. The van der Waals surface area contributed by atoms with E-state index in [1.165, 1.54) is 0 Å². The molecular weight excluding hydrogens is 332 g/mol. The van der Waals surface area contributed by atoms with Crippen LogP contribution in [-0.2, 0) is 16.1 Å². The Morgan fingerprint density at radius 3 is 2.65 bits per heavy atom. The van der Waals surface area contributed by atoms with Gasteiger partial charge in [0.05, 0.1) is 12.1 Å². The van der Waals surface area contributed by atoms with E-state index in [-0.39, 0.29) is 12.7 Å². The quantitative estimate of drug-likeness (QED) is 0.838. The van der Waals surface area contributed by atoms with Gasteiger partial charge in [-0.1, -0.05) is 36.4 Å². The number of benzene rings is 1. The second kappa shape index (κ2) is 7.02. The van der Waals surface area contributed by atoms with Crippen molar-refractivity contribution in [1.82, 2.24) is 10.2 Å². The molecule has 0 spiro atoms. The van der Waals surface area contributed by atoms with Crippen LogP contribution in [0.5, 0.6) is 0 Å². The monoisotopic (exact) mass is 358 g/mol. The number of hydrogen-bond acceptors (Lipinski definition) is 4. The Balaban J connectivity index is 1.60. The summed E-state index contributed by atoms with van der Waals surface area (Å²) < 4.78 is 10.8. The van der Waals surface area contributed by atoms with E-state index >= 15 is 0 Å². The summed E-state index contributed by atoms with van der Waals surface area (Å²) in [6, 6.07) is 9.58. The summed E-state index contributed by atoms with van der Waals surface area (Å²) in [4.78, 5) is 26.3. The number of amides is 2. The summed E-state index contributed by atoms with van der Waals surface area (Å²) in [5, 5.41) is 2.99. The van der Waals surface area contributed by atoms with Gasteiger partial charge in [-0.15, -0.1) is 0 Å². The van der Waals surface area contributed by atoms with Crippen molar-refractivity contribution in [3.05, 3.63) is 47.5 Å². The number of fused-ring (bicyclic) bond motifs is 1. The molecule has 1 atom stereocenters. The summed E-state index contributed by atoms with van der Waals surface area (Å²) in [6.45, 7) is 6.61. The van der Waals surface area contributed by atoms with Crippen molar-refractivity contribution in [1.29, 1.82) is 0 Å². The molecule has 0 bridgehead atoms. The molecule has 3 rings (SSSR count). The third-order valence-electron chi connectivity index (χ3n) is 4.60. The zero-order valence-electron chi connectivity index (χ0n) is 15.6. The summed E-state index contributed by atoms with van der Waals surface area (Å²) in [5.74, 6) is 0. The highest BCUT2D eigenvalue weighted by Crippen LogP contribution is 2.37. The van der Waals surface area contributed by atoms with Crippen molar-refractivity contribution in [2.75, 3.05) is 13.1 Å². The van der Waals surface area contributed by atoms with Crippen molar-refractivity contribution in [2.45, 2.75) is 51.4 Å². The molecule has 1 fully saturated rings. The molecule has 26 heavy (non-hydrogen) atoms. The molecule has 1 aliphatic heterocycles. The van der Waals surface area contributed by atoms with Crippen LogP contribution in [-0.4, -0.2) is 41.3 Å². The summed E-state index contributed by atoms with van der Waals surface area (Å²) in [7, 11) is 0. The molecule has 1 heterocycles. The summed E-state index contributed by atoms with van der Waals surface area (Å²) >= 11 is 0. The van der Waals surface area contributed by atoms with Gasteiger partial charge in [-0.3, -0.25) is 0 Å². The average molecular weight is 358 g/mol. The van der Waals surface area contributed by atoms with Crippen LogP contribution in [0.4, 0.5) is 9.59 Å². The van der Waals surface area contributed by atoms with E-state index in [4.69, 9.17) is 9.47 Å². The lowest BCUT2D eigenvalue weighted by atomic mass is 9.95. The van der Waals surface area contributed by atoms with Crippen LogP contribution in [0.2, 0.25) is 0 Å². The Morgan fingerprint density at radius 1 is 1.23 bits per heavy atom. The normalized spacial score (nSPS) is 21.8. The molecule has 1 aromatic rings. The lowest BCUT2D eigenvalue weighted by Gasteiger charge is -2.30. The first-order valence-electron chi connectivity index (χ1n) is 8.94. The Hall–Kier alpha value is -2.50. The number of carbonyl (C=O) groups excluding carboxylic acids is 2. The van der Waals surface area contributed by atoms with Gasteiger partial charge in [0, 0.05) is 6.54 Å². The van der Waals surface area contributed by atoms with E-state index in [0.29, 0.717) is 13.1 Å². The fourth-order valence-electron chi connectivity index (χ4n) is 3.45. The van der Waals surface area contributed by atoms with Gasteiger partial charge in [-0.25, -0.2) is 9.59 Å². The molecule has 1 saturated heterocycles. The smallest absolute Gasteiger partial charge is 0.410 e. The van der Waals surface area contributed by atoms with E-state index in [1.54, 1.807) is 4.90 Å². The molecule has 2 aliphatic rings.